The Morgan fingerprint density at radius 2 is 1.89 bits per heavy atom. The summed E-state index contributed by atoms with van der Waals surface area (Å²) in [6.07, 6.45) is 0. The molecule has 0 radical (unpaired) electrons. The zero-order chi connectivity index (χ0) is 12.9. The summed E-state index contributed by atoms with van der Waals surface area (Å²) < 4.78 is 26.2. The maximum Gasteiger partial charge on any atom is 0.266 e. The van der Waals surface area contributed by atoms with Crippen LogP contribution in [0.3, 0.4) is 0 Å². The minimum absolute atomic E-state index is 0.354. The van der Waals surface area contributed by atoms with Gasteiger partial charge in [0, 0.05) is 17.5 Å². The Bertz CT molecular complexity index is 766. The van der Waals surface area contributed by atoms with Gasteiger partial charge < -0.3 is 0 Å². The Balaban J connectivity index is 2.48. The molecule has 3 rings (SSSR count). The second-order valence-corrected chi connectivity index (χ2v) is 6.32. The van der Waals surface area contributed by atoms with E-state index in [-0.39, 0.29) is 0 Å². The number of fused-ring (bicyclic) bond motifs is 3. The van der Waals surface area contributed by atoms with Gasteiger partial charge in [0.1, 0.15) is 9.88 Å². The molecule has 1 aliphatic rings. The molecule has 0 spiro atoms. The summed E-state index contributed by atoms with van der Waals surface area (Å²) in [5.41, 5.74) is 0.644. The van der Waals surface area contributed by atoms with Crippen molar-refractivity contribution in [3.05, 3.63) is 42.0 Å². The lowest BCUT2D eigenvalue weighted by molar-refractivity contribution is 0.543. The number of hydrogen-bond acceptors (Lipinski definition) is 3. The maximum absolute atomic E-state index is 12.5. The molecule has 0 fully saturated rings. The highest BCUT2D eigenvalue weighted by atomic mass is 32.2. The molecule has 0 saturated carbocycles. The van der Waals surface area contributed by atoms with Gasteiger partial charge >= 0.3 is 0 Å². The van der Waals surface area contributed by atoms with E-state index in [4.69, 9.17) is 12.2 Å². The average Bonchev–Trinajstić information content (AvgIpc) is 2.56. The summed E-state index contributed by atoms with van der Waals surface area (Å²) >= 11 is 5.25. The lowest BCUT2D eigenvalue weighted by Crippen LogP contribution is -2.28. The van der Waals surface area contributed by atoms with E-state index in [1.165, 1.54) is 4.31 Å². The monoisotopic (exact) mass is 277 g/mol. The van der Waals surface area contributed by atoms with Gasteiger partial charge in [-0.25, -0.2) is 8.42 Å². The van der Waals surface area contributed by atoms with Gasteiger partial charge in [-0.3, -0.25) is 4.31 Å². The van der Waals surface area contributed by atoms with Gasteiger partial charge in [0.2, 0.25) is 0 Å². The van der Waals surface area contributed by atoms with Crippen LogP contribution >= 0.6 is 12.2 Å². The molecule has 1 heterocycles. The van der Waals surface area contributed by atoms with Crippen molar-refractivity contribution in [3.63, 3.8) is 0 Å². The molecule has 92 valence electrons. The normalized spacial score (nSPS) is 17.2. The Morgan fingerprint density at radius 1 is 1.17 bits per heavy atom. The predicted molar refractivity (Wildman–Crippen MR) is 75.2 cm³/mol. The van der Waals surface area contributed by atoms with Crippen LogP contribution in [-0.4, -0.2) is 24.3 Å². The van der Waals surface area contributed by atoms with Crippen LogP contribution in [-0.2, 0) is 10.0 Å². The van der Waals surface area contributed by atoms with Gasteiger partial charge in [0.15, 0.2) is 0 Å². The van der Waals surface area contributed by atoms with Crippen molar-refractivity contribution >= 4 is 38.0 Å². The van der Waals surface area contributed by atoms with E-state index in [0.29, 0.717) is 22.0 Å². The van der Waals surface area contributed by atoms with E-state index >= 15 is 0 Å². The van der Waals surface area contributed by atoms with Crippen molar-refractivity contribution in [1.29, 1.82) is 0 Å². The number of nitrogens with zero attached hydrogens (tertiary/aromatic N) is 1. The highest BCUT2D eigenvalue weighted by Crippen LogP contribution is 2.36. The second kappa shape index (κ2) is 3.76. The van der Waals surface area contributed by atoms with Gasteiger partial charge in [0.05, 0.1) is 0 Å². The van der Waals surface area contributed by atoms with Crippen molar-refractivity contribution in [2.24, 2.45) is 0 Å². The quantitative estimate of drug-likeness (QED) is 0.752. The standard InChI is InChI=1S/C13H11NO2S2/c1-2-14-13(17)11-8-7-9-5-3-4-6-10(9)12(11)18(14,15)16/h3-8H,2H2,1H3. The second-order valence-electron chi connectivity index (χ2n) is 4.14. The van der Waals surface area contributed by atoms with Crippen molar-refractivity contribution in [2.45, 2.75) is 11.8 Å². The molecule has 0 saturated heterocycles. The molecule has 2 aromatic carbocycles. The number of hydrogen-bond donors (Lipinski definition) is 0. The molecule has 18 heavy (non-hydrogen) atoms. The SMILES string of the molecule is CCN1C(=S)c2ccc3ccccc3c2S1(=O)=O. The van der Waals surface area contributed by atoms with E-state index in [1.807, 2.05) is 30.3 Å². The fourth-order valence-corrected chi connectivity index (χ4v) is 4.80. The Kier molecular flexibility index (Phi) is 2.43. The molecular weight excluding hydrogens is 266 g/mol. The zero-order valence-electron chi connectivity index (χ0n) is 9.75. The highest BCUT2D eigenvalue weighted by Gasteiger charge is 2.38. The van der Waals surface area contributed by atoms with Crippen LogP contribution in [0.2, 0.25) is 0 Å². The molecule has 0 aromatic heterocycles. The molecule has 3 nitrogen and oxygen atoms in total. The number of thiocarbonyl (C=S) groups is 1. The van der Waals surface area contributed by atoms with Crippen LogP contribution in [0.1, 0.15) is 12.5 Å². The van der Waals surface area contributed by atoms with Crippen LogP contribution in [0.15, 0.2) is 41.3 Å². The highest BCUT2D eigenvalue weighted by molar-refractivity contribution is 7.93. The minimum atomic E-state index is -3.48. The predicted octanol–water partition coefficient (Wildman–Crippen LogP) is 2.54. The Morgan fingerprint density at radius 3 is 2.61 bits per heavy atom. The fourth-order valence-electron chi connectivity index (χ4n) is 2.36. The first kappa shape index (κ1) is 11.6. The first-order valence-corrected chi connectivity index (χ1v) is 7.51. The Labute approximate surface area is 111 Å². The molecular formula is C13H11NO2S2. The molecule has 0 unspecified atom stereocenters. The lowest BCUT2D eigenvalue weighted by Gasteiger charge is -2.13. The van der Waals surface area contributed by atoms with Crippen molar-refractivity contribution in [1.82, 2.24) is 4.31 Å². The van der Waals surface area contributed by atoms with Crippen LogP contribution < -0.4 is 0 Å². The minimum Gasteiger partial charge on any atom is -0.256 e. The van der Waals surface area contributed by atoms with E-state index < -0.39 is 10.0 Å². The van der Waals surface area contributed by atoms with Gasteiger partial charge in [0.25, 0.3) is 10.0 Å². The summed E-state index contributed by atoms with van der Waals surface area (Å²) in [5.74, 6) is 0. The zero-order valence-corrected chi connectivity index (χ0v) is 11.4. The smallest absolute Gasteiger partial charge is 0.256 e. The summed E-state index contributed by atoms with van der Waals surface area (Å²) in [4.78, 5) is 0.755. The first-order chi connectivity index (χ1) is 8.57. The summed E-state index contributed by atoms with van der Waals surface area (Å²) in [6, 6.07) is 11.2. The Hall–Kier alpha value is -1.46. The largest absolute Gasteiger partial charge is 0.266 e. The van der Waals surface area contributed by atoms with Gasteiger partial charge in [-0.1, -0.05) is 42.5 Å². The number of sulfonamides is 1. The molecule has 1 aliphatic heterocycles. The summed E-state index contributed by atoms with van der Waals surface area (Å²) in [5, 5.41) is 1.66. The molecule has 0 bridgehead atoms. The molecule has 0 amide bonds. The van der Waals surface area contributed by atoms with Crippen LogP contribution in [0.25, 0.3) is 10.8 Å². The molecule has 0 atom stereocenters. The van der Waals surface area contributed by atoms with E-state index in [9.17, 15) is 8.42 Å². The van der Waals surface area contributed by atoms with Crippen LogP contribution in [0.5, 0.6) is 0 Å². The third-order valence-corrected chi connectivity index (χ3v) is 5.70. The molecule has 5 heteroatoms. The van der Waals surface area contributed by atoms with Gasteiger partial charge in [-0.15, -0.1) is 0 Å². The molecule has 0 aliphatic carbocycles. The third kappa shape index (κ3) is 1.34. The summed E-state index contributed by atoms with van der Waals surface area (Å²) in [6.45, 7) is 2.15. The van der Waals surface area contributed by atoms with Crippen molar-refractivity contribution in [3.8, 4) is 0 Å². The number of benzene rings is 2. The lowest BCUT2D eigenvalue weighted by atomic mass is 10.1. The molecule has 0 N–H and O–H groups in total. The fraction of sp³-hybridized carbons (Fsp3) is 0.154. The van der Waals surface area contributed by atoms with Gasteiger partial charge in [-0.2, -0.15) is 0 Å². The first-order valence-electron chi connectivity index (χ1n) is 5.66. The average molecular weight is 277 g/mol. The maximum atomic E-state index is 12.5. The van der Waals surface area contributed by atoms with Crippen molar-refractivity contribution < 1.29 is 8.42 Å². The van der Waals surface area contributed by atoms with Gasteiger partial charge in [-0.05, 0) is 18.4 Å². The summed E-state index contributed by atoms with van der Waals surface area (Å²) in [7, 11) is -3.48. The number of rotatable bonds is 1. The molecule has 2 aromatic rings. The van der Waals surface area contributed by atoms with Crippen LogP contribution in [0.4, 0.5) is 0 Å². The topological polar surface area (TPSA) is 37.4 Å². The van der Waals surface area contributed by atoms with E-state index in [1.54, 1.807) is 13.0 Å². The third-order valence-electron chi connectivity index (χ3n) is 3.17. The van der Waals surface area contributed by atoms with E-state index in [0.717, 1.165) is 10.8 Å². The van der Waals surface area contributed by atoms with Crippen LogP contribution in [0, 0.1) is 0 Å². The van der Waals surface area contributed by atoms with E-state index in [2.05, 4.69) is 0 Å². The van der Waals surface area contributed by atoms with Crippen molar-refractivity contribution in [2.75, 3.05) is 6.54 Å².